The van der Waals surface area contributed by atoms with Crippen molar-refractivity contribution < 1.29 is 14.6 Å². The van der Waals surface area contributed by atoms with E-state index in [1.165, 1.54) is 16.8 Å². The average Bonchev–Trinajstić information content (AvgIpc) is 3.01. The van der Waals surface area contributed by atoms with Crippen molar-refractivity contribution >= 4 is 11.7 Å². The highest BCUT2D eigenvalue weighted by Gasteiger charge is 2.31. The van der Waals surface area contributed by atoms with Crippen LogP contribution in [0.4, 0.5) is 5.69 Å². The van der Waals surface area contributed by atoms with Crippen molar-refractivity contribution in [1.82, 2.24) is 4.90 Å². The van der Waals surface area contributed by atoms with Gasteiger partial charge in [-0.05, 0) is 62.9 Å². The van der Waals surface area contributed by atoms with Gasteiger partial charge in [0.15, 0.2) is 0 Å². The van der Waals surface area contributed by atoms with Crippen molar-refractivity contribution in [2.75, 3.05) is 24.5 Å². The summed E-state index contributed by atoms with van der Waals surface area (Å²) in [5.41, 5.74) is 4.75. The minimum atomic E-state index is -0.762. The third-order valence-corrected chi connectivity index (χ3v) is 6.23. The van der Waals surface area contributed by atoms with Gasteiger partial charge in [0.05, 0.1) is 6.54 Å². The van der Waals surface area contributed by atoms with Crippen LogP contribution in [0.15, 0.2) is 42.5 Å². The molecule has 0 amide bonds. The number of carbonyl (C=O) groups is 1. The van der Waals surface area contributed by atoms with E-state index in [0.29, 0.717) is 6.54 Å². The molecule has 0 unspecified atom stereocenters. The highest BCUT2D eigenvalue weighted by molar-refractivity contribution is 5.69. The first-order valence-electron chi connectivity index (χ1n) is 10.9. The van der Waals surface area contributed by atoms with E-state index in [2.05, 4.69) is 67.0 Å². The molecular formula is C25H32N2O3. The fraction of sp³-hybridized carbons (Fsp3) is 0.480. The lowest BCUT2D eigenvalue weighted by molar-refractivity contribution is -0.139. The van der Waals surface area contributed by atoms with Crippen LogP contribution in [0.5, 0.6) is 5.75 Å². The molecule has 1 N–H and O–H groups in total. The summed E-state index contributed by atoms with van der Waals surface area (Å²) in [5, 5.41) is 9.50. The molecule has 0 aliphatic carbocycles. The highest BCUT2D eigenvalue weighted by atomic mass is 16.5. The van der Waals surface area contributed by atoms with Gasteiger partial charge in [-0.1, -0.05) is 29.8 Å². The second-order valence-corrected chi connectivity index (χ2v) is 9.33. The van der Waals surface area contributed by atoms with Gasteiger partial charge in [0.25, 0.3) is 0 Å². The Labute approximate surface area is 179 Å². The van der Waals surface area contributed by atoms with Crippen LogP contribution in [-0.4, -0.2) is 47.3 Å². The normalized spacial score (nSPS) is 18.3. The van der Waals surface area contributed by atoms with Gasteiger partial charge in [0.1, 0.15) is 11.4 Å². The molecule has 2 aromatic carbocycles. The Hall–Kier alpha value is -2.53. The standard InChI is InChI=1S/C25H32N2O3/c1-18-4-7-21(8-5-18)26-12-10-22(11-13-26)27(17-24(28)29)16-19-6-9-23-20(14-19)15-25(2,3)30-23/h4-9,14,22H,10-13,15-17H2,1-3H3,(H,28,29). The van der Waals surface area contributed by atoms with Crippen LogP contribution in [-0.2, 0) is 17.8 Å². The monoisotopic (exact) mass is 408 g/mol. The molecule has 1 saturated heterocycles. The Morgan fingerprint density at radius 1 is 1.17 bits per heavy atom. The van der Waals surface area contributed by atoms with Crippen LogP contribution in [0.1, 0.15) is 43.4 Å². The van der Waals surface area contributed by atoms with Gasteiger partial charge < -0.3 is 14.7 Å². The molecule has 30 heavy (non-hydrogen) atoms. The molecule has 2 heterocycles. The minimum absolute atomic E-state index is 0.0777. The summed E-state index contributed by atoms with van der Waals surface area (Å²) < 4.78 is 5.98. The van der Waals surface area contributed by atoms with Crippen LogP contribution in [0.3, 0.4) is 0 Å². The molecule has 2 aromatic rings. The molecule has 0 aromatic heterocycles. The summed E-state index contributed by atoms with van der Waals surface area (Å²) in [6, 6.07) is 15.3. The first kappa shape index (κ1) is 20.7. The van der Waals surface area contributed by atoms with Gasteiger partial charge in [0, 0.05) is 37.8 Å². The van der Waals surface area contributed by atoms with Crippen LogP contribution < -0.4 is 9.64 Å². The maximum Gasteiger partial charge on any atom is 0.317 e. The molecule has 0 spiro atoms. The zero-order valence-electron chi connectivity index (χ0n) is 18.2. The zero-order valence-corrected chi connectivity index (χ0v) is 18.2. The van der Waals surface area contributed by atoms with E-state index in [4.69, 9.17) is 4.74 Å². The number of hydrogen-bond acceptors (Lipinski definition) is 4. The number of aliphatic carboxylic acids is 1. The summed E-state index contributed by atoms with van der Waals surface area (Å²) in [7, 11) is 0. The summed E-state index contributed by atoms with van der Waals surface area (Å²) in [6.07, 6.45) is 2.84. The van der Waals surface area contributed by atoms with E-state index >= 15 is 0 Å². The predicted molar refractivity (Wildman–Crippen MR) is 119 cm³/mol. The molecule has 4 rings (SSSR count). The van der Waals surface area contributed by atoms with Crippen molar-refractivity contribution in [2.24, 2.45) is 0 Å². The number of fused-ring (bicyclic) bond motifs is 1. The number of carboxylic acid groups (broad SMARTS) is 1. The number of rotatable bonds is 6. The molecule has 0 saturated carbocycles. The molecule has 5 nitrogen and oxygen atoms in total. The van der Waals surface area contributed by atoms with Crippen molar-refractivity contribution in [1.29, 1.82) is 0 Å². The number of hydrogen-bond donors (Lipinski definition) is 1. The van der Waals surface area contributed by atoms with E-state index < -0.39 is 5.97 Å². The Morgan fingerprint density at radius 2 is 1.87 bits per heavy atom. The summed E-state index contributed by atoms with van der Waals surface area (Å²) in [6.45, 7) is 8.96. The number of carboxylic acids is 1. The highest BCUT2D eigenvalue weighted by Crippen LogP contribution is 2.35. The Balaban J connectivity index is 1.42. The molecule has 2 aliphatic heterocycles. The average molecular weight is 409 g/mol. The van der Waals surface area contributed by atoms with E-state index in [9.17, 15) is 9.90 Å². The molecule has 0 atom stereocenters. The number of ether oxygens (including phenoxy) is 1. The van der Waals surface area contributed by atoms with Gasteiger partial charge in [-0.2, -0.15) is 0 Å². The van der Waals surface area contributed by atoms with Gasteiger partial charge >= 0.3 is 5.97 Å². The fourth-order valence-corrected chi connectivity index (χ4v) is 4.73. The summed E-state index contributed by atoms with van der Waals surface area (Å²) in [5.74, 6) is 0.196. The smallest absolute Gasteiger partial charge is 0.317 e. The Kier molecular flexibility index (Phi) is 5.74. The lowest BCUT2D eigenvalue weighted by Gasteiger charge is -2.39. The van der Waals surface area contributed by atoms with Crippen molar-refractivity contribution in [3.05, 3.63) is 59.2 Å². The quantitative estimate of drug-likeness (QED) is 0.774. The van der Waals surface area contributed by atoms with E-state index in [1.54, 1.807) is 0 Å². The lowest BCUT2D eigenvalue weighted by atomic mass is 9.98. The molecule has 1 fully saturated rings. The maximum atomic E-state index is 11.6. The molecule has 0 bridgehead atoms. The first-order valence-corrected chi connectivity index (χ1v) is 10.9. The zero-order chi connectivity index (χ0) is 21.3. The van der Waals surface area contributed by atoms with Gasteiger partial charge in [-0.3, -0.25) is 9.69 Å². The minimum Gasteiger partial charge on any atom is -0.487 e. The number of anilines is 1. The summed E-state index contributed by atoms with van der Waals surface area (Å²) in [4.78, 5) is 16.1. The summed E-state index contributed by atoms with van der Waals surface area (Å²) >= 11 is 0. The van der Waals surface area contributed by atoms with Gasteiger partial charge in [-0.25, -0.2) is 0 Å². The van der Waals surface area contributed by atoms with Gasteiger partial charge in [0.2, 0.25) is 0 Å². The fourth-order valence-electron chi connectivity index (χ4n) is 4.73. The first-order chi connectivity index (χ1) is 14.3. The predicted octanol–water partition coefficient (Wildman–Crippen LogP) is 4.26. The molecule has 0 radical (unpaired) electrons. The second-order valence-electron chi connectivity index (χ2n) is 9.33. The Morgan fingerprint density at radius 3 is 2.53 bits per heavy atom. The van der Waals surface area contributed by atoms with Crippen molar-refractivity contribution in [3.63, 3.8) is 0 Å². The second kappa shape index (κ2) is 8.31. The molecule has 2 aliphatic rings. The number of aryl methyl sites for hydroxylation is 1. The SMILES string of the molecule is Cc1ccc(N2CCC(N(CC(=O)O)Cc3ccc4c(c3)CC(C)(C)O4)CC2)cc1. The number of piperidine rings is 1. The molecule has 160 valence electrons. The van der Waals surface area contributed by atoms with Crippen LogP contribution in [0, 0.1) is 6.92 Å². The van der Waals surface area contributed by atoms with Crippen LogP contribution in [0.2, 0.25) is 0 Å². The van der Waals surface area contributed by atoms with E-state index in [-0.39, 0.29) is 18.2 Å². The Bertz CT molecular complexity index is 899. The topological polar surface area (TPSA) is 53.0 Å². The van der Waals surface area contributed by atoms with E-state index in [1.807, 2.05) is 6.07 Å². The molecular weight excluding hydrogens is 376 g/mol. The maximum absolute atomic E-state index is 11.6. The third-order valence-electron chi connectivity index (χ3n) is 6.23. The van der Waals surface area contributed by atoms with E-state index in [0.717, 1.165) is 43.7 Å². The van der Waals surface area contributed by atoms with Crippen molar-refractivity contribution in [2.45, 2.75) is 58.2 Å². The third kappa shape index (κ3) is 4.78. The number of benzene rings is 2. The molecule has 5 heteroatoms. The number of nitrogens with zero attached hydrogens (tertiary/aromatic N) is 2. The van der Waals surface area contributed by atoms with Crippen LogP contribution >= 0.6 is 0 Å². The largest absolute Gasteiger partial charge is 0.487 e. The van der Waals surface area contributed by atoms with Crippen molar-refractivity contribution in [3.8, 4) is 5.75 Å². The van der Waals surface area contributed by atoms with Gasteiger partial charge in [-0.15, -0.1) is 0 Å². The van der Waals surface area contributed by atoms with Crippen LogP contribution in [0.25, 0.3) is 0 Å². The lowest BCUT2D eigenvalue weighted by Crippen LogP contribution is -2.46.